The summed E-state index contributed by atoms with van der Waals surface area (Å²) in [6.45, 7) is 1.46. The monoisotopic (exact) mass is 397 g/mol. The van der Waals surface area contributed by atoms with Crippen molar-refractivity contribution >= 4 is 45.6 Å². The highest BCUT2D eigenvalue weighted by Gasteiger charge is 2.10. The van der Waals surface area contributed by atoms with E-state index in [0.29, 0.717) is 22.8 Å². The van der Waals surface area contributed by atoms with Gasteiger partial charge in [0.15, 0.2) is 0 Å². The SMILES string of the molecule is CC(=O)Nc1cccc(Nc2ccc(C(=O)Nc3cccc4cccnc34)cn2)c1. The van der Waals surface area contributed by atoms with Crippen LogP contribution in [0.3, 0.4) is 0 Å². The first kappa shape index (κ1) is 19.1. The highest BCUT2D eigenvalue weighted by Crippen LogP contribution is 2.22. The van der Waals surface area contributed by atoms with Crippen LogP contribution in [0.15, 0.2) is 79.1 Å². The molecular weight excluding hydrogens is 378 g/mol. The van der Waals surface area contributed by atoms with Gasteiger partial charge < -0.3 is 16.0 Å². The van der Waals surface area contributed by atoms with Gasteiger partial charge in [0.25, 0.3) is 5.91 Å². The zero-order valence-electron chi connectivity index (χ0n) is 16.2. The minimum Gasteiger partial charge on any atom is -0.340 e. The predicted molar refractivity (Wildman–Crippen MR) is 118 cm³/mol. The Morgan fingerprint density at radius 1 is 0.833 bits per heavy atom. The molecule has 4 aromatic rings. The molecule has 0 saturated heterocycles. The molecule has 0 spiro atoms. The second kappa shape index (κ2) is 8.40. The van der Waals surface area contributed by atoms with Gasteiger partial charge >= 0.3 is 0 Å². The second-order valence-electron chi connectivity index (χ2n) is 6.65. The van der Waals surface area contributed by atoms with E-state index in [1.807, 2.05) is 42.5 Å². The van der Waals surface area contributed by atoms with Crippen LogP contribution in [-0.4, -0.2) is 21.8 Å². The standard InChI is InChI=1S/C23H19N5O2/c1-15(29)26-18-7-3-8-19(13-18)27-21-11-10-17(14-25-21)23(30)28-20-9-2-5-16-6-4-12-24-22(16)20/h2-14H,1H3,(H,25,27)(H,26,29)(H,28,30). The molecule has 2 amide bonds. The van der Waals surface area contributed by atoms with Gasteiger partial charge in [-0.2, -0.15) is 0 Å². The fourth-order valence-corrected chi connectivity index (χ4v) is 3.03. The van der Waals surface area contributed by atoms with E-state index in [2.05, 4.69) is 25.9 Å². The number of nitrogens with one attached hydrogen (secondary N) is 3. The Morgan fingerprint density at radius 3 is 2.43 bits per heavy atom. The molecule has 3 N–H and O–H groups in total. The van der Waals surface area contributed by atoms with E-state index in [1.165, 1.54) is 13.1 Å². The van der Waals surface area contributed by atoms with E-state index in [4.69, 9.17) is 0 Å². The number of amides is 2. The molecule has 2 heterocycles. The van der Waals surface area contributed by atoms with Crippen LogP contribution < -0.4 is 16.0 Å². The highest BCUT2D eigenvalue weighted by molar-refractivity contribution is 6.08. The Balaban J connectivity index is 1.47. The van der Waals surface area contributed by atoms with Crippen LogP contribution >= 0.6 is 0 Å². The molecule has 7 heteroatoms. The van der Waals surface area contributed by atoms with Crippen LogP contribution in [0.1, 0.15) is 17.3 Å². The van der Waals surface area contributed by atoms with Crippen molar-refractivity contribution in [3.05, 3.63) is 84.7 Å². The number of rotatable bonds is 5. The molecule has 0 fully saturated rings. The number of nitrogens with zero attached hydrogens (tertiary/aromatic N) is 2. The summed E-state index contributed by atoms with van der Waals surface area (Å²) in [4.78, 5) is 32.5. The van der Waals surface area contributed by atoms with Crippen LogP contribution in [0, 0.1) is 0 Å². The molecule has 0 saturated carbocycles. The second-order valence-corrected chi connectivity index (χ2v) is 6.65. The van der Waals surface area contributed by atoms with Crippen LogP contribution in [0.4, 0.5) is 22.9 Å². The Morgan fingerprint density at radius 2 is 1.63 bits per heavy atom. The minimum absolute atomic E-state index is 0.137. The third-order valence-electron chi connectivity index (χ3n) is 4.36. The minimum atomic E-state index is -0.264. The number of anilines is 4. The van der Waals surface area contributed by atoms with Gasteiger partial charge in [0, 0.05) is 36.1 Å². The van der Waals surface area contributed by atoms with E-state index in [9.17, 15) is 9.59 Å². The maximum Gasteiger partial charge on any atom is 0.257 e. The molecule has 0 aliphatic carbocycles. The van der Waals surface area contributed by atoms with Gasteiger partial charge in [-0.3, -0.25) is 14.6 Å². The zero-order chi connectivity index (χ0) is 20.9. The lowest BCUT2D eigenvalue weighted by Gasteiger charge is -2.10. The van der Waals surface area contributed by atoms with Gasteiger partial charge in [0.1, 0.15) is 5.82 Å². The molecule has 148 valence electrons. The van der Waals surface area contributed by atoms with Crippen molar-refractivity contribution in [3.8, 4) is 0 Å². The first-order valence-corrected chi connectivity index (χ1v) is 9.34. The molecular formula is C23H19N5O2. The van der Waals surface area contributed by atoms with E-state index < -0.39 is 0 Å². The molecule has 0 atom stereocenters. The quantitative estimate of drug-likeness (QED) is 0.458. The van der Waals surface area contributed by atoms with Crippen molar-refractivity contribution < 1.29 is 9.59 Å². The summed E-state index contributed by atoms with van der Waals surface area (Å²) in [5.41, 5.74) is 3.27. The first-order chi connectivity index (χ1) is 14.6. The molecule has 7 nitrogen and oxygen atoms in total. The summed E-state index contributed by atoms with van der Waals surface area (Å²) in [5, 5.41) is 9.73. The average Bonchev–Trinajstić information content (AvgIpc) is 2.74. The maximum atomic E-state index is 12.6. The lowest BCUT2D eigenvalue weighted by atomic mass is 10.2. The van der Waals surface area contributed by atoms with Gasteiger partial charge in [-0.25, -0.2) is 4.98 Å². The number of benzene rings is 2. The summed E-state index contributed by atoms with van der Waals surface area (Å²) >= 11 is 0. The molecule has 0 bridgehead atoms. The number of fused-ring (bicyclic) bond motifs is 1. The van der Waals surface area contributed by atoms with Gasteiger partial charge in [0.05, 0.1) is 16.8 Å². The average molecular weight is 397 g/mol. The molecule has 4 rings (SSSR count). The first-order valence-electron chi connectivity index (χ1n) is 9.34. The predicted octanol–water partition coefficient (Wildman–Crippen LogP) is 4.58. The number of aromatic nitrogens is 2. The summed E-state index contributed by atoms with van der Waals surface area (Å²) in [7, 11) is 0. The van der Waals surface area contributed by atoms with Gasteiger partial charge in [-0.05, 0) is 42.5 Å². The molecule has 2 aromatic heterocycles. The summed E-state index contributed by atoms with van der Waals surface area (Å²) in [6, 6.07) is 20.2. The molecule has 0 unspecified atom stereocenters. The van der Waals surface area contributed by atoms with Crippen LogP contribution in [0.5, 0.6) is 0 Å². The normalized spacial score (nSPS) is 10.4. The van der Waals surface area contributed by atoms with Gasteiger partial charge in [-0.15, -0.1) is 0 Å². The lowest BCUT2D eigenvalue weighted by Crippen LogP contribution is -2.13. The van der Waals surface area contributed by atoms with Crippen LogP contribution in [0.2, 0.25) is 0 Å². The number of pyridine rings is 2. The fourth-order valence-electron chi connectivity index (χ4n) is 3.03. The van der Waals surface area contributed by atoms with Gasteiger partial charge in [0.2, 0.25) is 5.91 Å². The number of para-hydroxylation sites is 1. The zero-order valence-corrected chi connectivity index (χ0v) is 16.2. The van der Waals surface area contributed by atoms with E-state index in [1.54, 1.807) is 30.5 Å². The molecule has 30 heavy (non-hydrogen) atoms. The summed E-state index contributed by atoms with van der Waals surface area (Å²) in [6.07, 6.45) is 3.20. The van der Waals surface area contributed by atoms with Crippen molar-refractivity contribution in [1.82, 2.24) is 9.97 Å². The Kier molecular flexibility index (Phi) is 5.34. The number of hydrogen-bond donors (Lipinski definition) is 3. The maximum absolute atomic E-state index is 12.6. The van der Waals surface area contributed by atoms with Gasteiger partial charge in [-0.1, -0.05) is 24.3 Å². The third-order valence-corrected chi connectivity index (χ3v) is 4.36. The van der Waals surface area contributed by atoms with Crippen molar-refractivity contribution in [1.29, 1.82) is 0 Å². The van der Waals surface area contributed by atoms with E-state index in [-0.39, 0.29) is 11.8 Å². The molecule has 0 aliphatic heterocycles. The third kappa shape index (κ3) is 4.41. The highest BCUT2D eigenvalue weighted by atomic mass is 16.2. The number of carbonyl (C=O) groups excluding carboxylic acids is 2. The fraction of sp³-hybridized carbons (Fsp3) is 0.0435. The van der Waals surface area contributed by atoms with Crippen LogP contribution in [0.25, 0.3) is 10.9 Å². The Bertz CT molecular complexity index is 1220. The smallest absolute Gasteiger partial charge is 0.257 e. The number of carbonyl (C=O) groups is 2. The van der Waals surface area contributed by atoms with Crippen molar-refractivity contribution in [2.45, 2.75) is 6.92 Å². The number of hydrogen-bond acceptors (Lipinski definition) is 5. The topological polar surface area (TPSA) is 96.0 Å². The lowest BCUT2D eigenvalue weighted by molar-refractivity contribution is -0.114. The van der Waals surface area contributed by atoms with E-state index in [0.717, 1.165) is 16.6 Å². The van der Waals surface area contributed by atoms with Crippen molar-refractivity contribution in [3.63, 3.8) is 0 Å². The molecule has 0 aliphatic rings. The van der Waals surface area contributed by atoms with Crippen LogP contribution in [-0.2, 0) is 4.79 Å². The van der Waals surface area contributed by atoms with E-state index >= 15 is 0 Å². The largest absolute Gasteiger partial charge is 0.340 e. The molecule has 0 radical (unpaired) electrons. The Hall–Kier alpha value is -4.26. The summed E-state index contributed by atoms with van der Waals surface area (Å²) in [5.74, 6) is 0.181. The van der Waals surface area contributed by atoms with Crippen molar-refractivity contribution in [2.75, 3.05) is 16.0 Å². The summed E-state index contributed by atoms with van der Waals surface area (Å²) < 4.78 is 0. The molecule has 2 aromatic carbocycles. The van der Waals surface area contributed by atoms with Crippen molar-refractivity contribution in [2.24, 2.45) is 0 Å². The Labute approximate surface area is 173 Å².